The van der Waals surface area contributed by atoms with E-state index in [4.69, 9.17) is 24.3 Å². The van der Waals surface area contributed by atoms with Gasteiger partial charge in [-0.05, 0) is 59.1 Å². The van der Waals surface area contributed by atoms with Crippen molar-refractivity contribution in [3.63, 3.8) is 0 Å². The summed E-state index contributed by atoms with van der Waals surface area (Å²) in [6, 6.07) is 10.2. The van der Waals surface area contributed by atoms with E-state index in [0.717, 1.165) is 25.0 Å². The number of benzene rings is 2. The minimum Gasteiger partial charge on any atom is -0.507 e. The highest BCUT2D eigenvalue weighted by Crippen LogP contribution is 2.39. The molecule has 0 bridgehead atoms. The lowest BCUT2D eigenvalue weighted by Gasteiger charge is -2.41. The average Bonchev–Trinajstić information content (AvgIpc) is 3.41. The first kappa shape index (κ1) is 33.0. The molecule has 2 aromatic carbocycles. The summed E-state index contributed by atoms with van der Waals surface area (Å²) in [5.41, 5.74) is 2.02. The number of hydrogen-bond donors (Lipinski definition) is 1. The third kappa shape index (κ3) is 6.75. The van der Waals surface area contributed by atoms with Gasteiger partial charge in [-0.25, -0.2) is 18.6 Å². The molecule has 1 saturated heterocycles. The normalized spacial score (nSPS) is 15.6. The van der Waals surface area contributed by atoms with Gasteiger partial charge in [0.15, 0.2) is 11.8 Å². The van der Waals surface area contributed by atoms with Gasteiger partial charge in [0, 0.05) is 42.5 Å². The third-order valence-electron chi connectivity index (χ3n) is 8.10. The van der Waals surface area contributed by atoms with Crippen LogP contribution in [-0.4, -0.2) is 63.7 Å². The maximum Gasteiger partial charge on any atom is 0.339 e. The van der Waals surface area contributed by atoms with Crippen LogP contribution in [0.2, 0.25) is 0 Å². The van der Waals surface area contributed by atoms with Gasteiger partial charge in [-0.2, -0.15) is 9.61 Å². The van der Waals surface area contributed by atoms with E-state index in [1.165, 1.54) is 7.11 Å². The van der Waals surface area contributed by atoms with Crippen molar-refractivity contribution in [3.8, 4) is 28.1 Å². The summed E-state index contributed by atoms with van der Waals surface area (Å²) in [7, 11) is 1.33. The van der Waals surface area contributed by atoms with Crippen LogP contribution in [-0.2, 0) is 19.0 Å². The summed E-state index contributed by atoms with van der Waals surface area (Å²) >= 11 is 0. The second-order valence-electron chi connectivity index (χ2n) is 12.8. The first-order chi connectivity index (χ1) is 21.7. The van der Waals surface area contributed by atoms with E-state index in [1.54, 1.807) is 40.9 Å². The summed E-state index contributed by atoms with van der Waals surface area (Å²) in [4.78, 5) is 20.3. The SMILES string of the molecule is C=CCOC1(C)CCN(c2c(C(OC(C)(C)C)C(=O)OC)c(C)nc3cc(-c4cccc(-c5c(O)cc(F)cc5F)c4)nn23)CC1. The van der Waals surface area contributed by atoms with Crippen molar-refractivity contribution >= 4 is 17.4 Å². The zero-order valence-electron chi connectivity index (χ0n) is 27.1. The molecule has 0 saturated carbocycles. The minimum absolute atomic E-state index is 0.112. The zero-order chi connectivity index (χ0) is 33.4. The van der Waals surface area contributed by atoms with Crippen LogP contribution in [0.1, 0.15) is 57.9 Å². The Labute approximate surface area is 267 Å². The fourth-order valence-corrected chi connectivity index (χ4v) is 5.83. The first-order valence-electron chi connectivity index (χ1n) is 15.2. The van der Waals surface area contributed by atoms with Crippen LogP contribution >= 0.6 is 0 Å². The second kappa shape index (κ2) is 12.8. The van der Waals surface area contributed by atoms with Crippen molar-refractivity contribution in [2.24, 2.45) is 0 Å². The molecule has 1 unspecified atom stereocenters. The van der Waals surface area contributed by atoms with Crippen molar-refractivity contribution in [1.82, 2.24) is 14.6 Å². The number of fused-ring (bicyclic) bond motifs is 1. The highest BCUT2D eigenvalue weighted by atomic mass is 19.1. The van der Waals surface area contributed by atoms with Crippen molar-refractivity contribution in [2.45, 2.75) is 64.8 Å². The fourth-order valence-electron chi connectivity index (χ4n) is 5.83. The van der Waals surface area contributed by atoms with Crippen LogP contribution in [0.3, 0.4) is 0 Å². The van der Waals surface area contributed by atoms with Gasteiger partial charge in [-0.3, -0.25) is 0 Å². The summed E-state index contributed by atoms with van der Waals surface area (Å²) in [6.45, 7) is 15.0. The van der Waals surface area contributed by atoms with Crippen molar-refractivity contribution in [1.29, 1.82) is 0 Å². The number of nitrogens with zero attached hydrogens (tertiary/aromatic N) is 4. The number of anilines is 1. The molecule has 1 N–H and O–H groups in total. The molecule has 1 aliphatic heterocycles. The summed E-state index contributed by atoms with van der Waals surface area (Å²) < 4.78 is 47.8. The number of carbonyl (C=O) groups is 1. The molecule has 4 aromatic rings. The Kier molecular flexibility index (Phi) is 9.19. The maximum atomic E-state index is 14.8. The standard InChI is InChI=1S/C35H40F2N4O5/c1-8-16-45-35(6)12-14-40(15-13-35)32-29(31(33(43)44-7)46-34(3,4)5)21(2)38-28-20-26(39-41(28)32)22-10-9-11-23(17-22)30-25(37)18-24(36)19-27(30)42/h8-11,17-20,31,42H,1,12-16H2,2-7H3. The minimum atomic E-state index is -1.08. The molecule has 46 heavy (non-hydrogen) atoms. The van der Waals surface area contributed by atoms with Crippen molar-refractivity contribution < 1.29 is 32.9 Å². The molecular formula is C35H40F2N4O5. The smallest absolute Gasteiger partial charge is 0.339 e. The largest absolute Gasteiger partial charge is 0.507 e. The zero-order valence-corrected chi connectivity index (χ0v) is 27.1. The number of halogens is 2. The highest BCUT2D eigenvalue weighted by molar-refractivity contribution is 5.81. The Hall–Kier alpha value is -4.35. The summed E-state index contributed by atoms with van der Waals surface area (Å²) in [6.07, 6.45) is 2.09. The number of esters is 1. The van der Waals surface area contributed by atoms with E-state index in [1.807, 2.05) is 27.7 Å². The number of phenolic OH excluding ortho intramolecular Hbond substituents is 1. The van der Waals surface area contributed by atoms with E-state index in [9.17, 15) is 18.7 Å². The second-order valence-corrected chi connectivity index (χ2v) is 12.8. The van der Waals surface area contributed by atoms with Crippen LogP contribution in [0.25, 0.3) is 28.0 Å². The first-order valence-corrected chi connectivity index (χ1v) is 15.2. The van der Waals surface area contributed by atoms with E-state index in [-0.39, 0.29) is 11.2 Å². The molecule has 1 aliphatic rings. The third-order valence-corrected chi connectivity index (χ3v) is 8.10. The lowest BCUT2D eigenvalue weighted by Crippen LogP contribution is -2.45. The van der Waals surface area contributed by atoms with Gasteiger partial charge < -0.3 is 24.2 Å². The molecule has 1 atom stereocenters. The Morgan fingerprint density at radius 3 is 2.48 bits per heavy atom. The van der Waals surface area contributed by atoms with Crippen LogP contribution in [0.4, 0.5) is 14.6 Å². The Bertz CT molecular complexity index is 1750. The highest BCUT2D eigenvalue weighted by Gasteiger charge is 2.38. The van der Waals surface area contributed by atoms with Gasteiger partial charge in [0.25, 0.3) is 0 Å². The van der Waals surface area contributed by atoms with Crippen molar-refractivity contribution in [3.05, 3.63) is 78.0 Å². The number of aryl methyl sites for hydroxylation is 1. The van der Waals surface area contributed by atoms with Crippen molar-refractivity contribution in [2.75, 3.05) is 31.7 Å². The van der Waals surface area contributed by atoms with Gasteiger partial charge in [0.05, 0.1) is 41.7 Å². The lowest BCUT2D eigenvalue weighted by atomic mass is 9.92. The predicted molar refractivity (Wildman–Crippen MR) is 172 cm³/mol. The number of piperidine rings is 1. The fraction of sp³-hybridized carbons (Fsp3) is 0.400. The number of hydrogen-bond acceptors (Lipinski definition) is 8. The number of methoxy groups -OCH3 is 1. The number of aromatic nitrogens is 3. The van der Waals surface area contributed by atoms with Gasteiger partial charge in [0.2, 0.25) is 0 Å². The van der Waals surface area contributed by atoms with E-state index >= 15 is 0 Å². The van der Waals surface area contributed by atoms with Crippen LogP contribution < -0.4 is 4.90 Å². The average molecular weight is 635 g/mol. The van der Waals surface area contributed by atoms with Crippen LogP contribution in [0, 0.1) is 18.6 Å². The molecule has 2 aromatic heterocycles. The molecule has 0 aliphatic carbocycles. The molecule has 3 heterocycles. The molecule has 1 fully saturated rings. The molecule has 0 amide bonds. The summed E-state index contributed by atoms with van der Waals surface area (Å²) in [5, 5.41) is 15.3. The number of ether oxygens (including phenoxy) is 3. The van der Waals surface area contributed by atoms with E-state index < -0.39 is 35.1 Å². The topological polar surface area (TPSA) is 98.4 Å². The molecule has 11 heteroatoms. The maximum absolute atomic E-state index is 14.8. The molecule has 9 nitrogen and oxygen atoms in total. The lowest BCUT2D eigenvalue weighted by molar-refractivity contribution is -0.164. The van der Waals surface area contributed by atoms with E-state index in [2.05, 4.69) is 18.4 Å². The molecule has 0 radical (unpaired) electrons. The van der Waals surface area contributed by atoms with E-state index in [0.29, 0.717) is 59.2 Å². The van der Waals surface area contributed by atoms with Gasteiger partial charge >= 0.3 is 5.97 Å². The molecule has 244 valence electrons. The monoisotopic (exact) mass is 634 g/mol. The van der Waals surface area contributed by atoms with Gasteiger partial charge in [-0.1, -0.05) is 24.3 Å². The Morgan fingerprint density at radius 1 is 1.15 bits per heavy atom. The Balaban J connectivity index is 1.67. The molecule has 0 spiro atoms. The number of aromatic hydroxyl groups is 1. The molecule has 5 rings (SSSR count). The van der Waals surface area contributed by atoms with Crippen LogP contribution in [0.15, 0.2) is 55.1 Å². The predicted octanol–water partition coefficient (Wildman–Crippen LogP) is 6.95. The van der Waals surface area contributed by atoms with Crippen LogP contribution in [0.5, 0.6) is 5.75 Å². The number of phenols is 1. The van der Waals surface area contributed by atoms with Gasteiger partial charge in [-0.15, -0.1) is 6.58 Å². The van der Waals surface area contributed by atoms with Gasteiger partial charge in [0.1, 0.15) is 23.2 Å². The quantitative estimate of drug-likeness (QED) is 0.156. The molecular weight excluding hydrogens is 594 g/mol. The Morgan fingerprint density at radius 2 is 1.85 bits per heavy atom. The number of rotatable bonds is 9. The summed E-state index contributed by atoms with van der Waals surface area (Å²) in [5.74, 6) is -2.16. The number of carbonyl (C=O) groups excluding carboxylic acids is 1.